The molecule has 0 aliphatic heterocycles. The van der Waals surface area contributed by atoms with Crippen LogP contribution in [0.5, 0.6) is 0 Å². The zero-order valence-electron chi connectivity index (χ0n) is 23.9. The van der Waals surface area contributed by atoms with Crippen LogP contribution in [-0.2, 0) is 33.5 Å². The van der Waals surface area contributed by atoms with Crippen molar-refractivity contribution < 1.29 is 56.4 Å². The molecule has 11 N–H and O–H groups in total. The van der Waals surface area contributed by atoms with Crippen molar-refractivity contribution in [1.29, 1.82) is 0 Å². The second kappa shape index (κ2) is 55.7. The van der Waals surface area contributed by atoms with Gasteiger partial charge in [-0.15, -0.1) is 0 Å². The van der Waals surface area contributed by atoms with Crippen LogP contribution in [0.15, 0.2) is 0 Å². The number of primary amides is 1. The summed E-state index contributed by atoms with van der Waals surface area (Å²) in [7, 11) is 3.18. The summed E-state index contributed by atoms with van der Waals surface area (Å²) in [5.74, 6) is -0.715. The molecule has 15 nitrogen and oxygen atoms in total. The fraction of sp³-hybridized carbons (Fsp3) is 0.870. The summed E-state index contributed by atoms with van der Waals surface area (Å²) in [6.45, 7) is 10.6. The third-order valence-corrected chi connectivity index (χ3v) is 3.26. The molecule has 0 aromatic rings. The number of carbonyl (C=O) groups excluding carboxylic acids is 3. The van der Waals surface area contributed by atoms with Gasteiger partial charge in [0, 0.05) is 39.6 Å². The van der Waals surface area contributed by atoms with Crippen LogP contribution in [0.2, 0.25) is 0 Å². The molecule has 0 bridgehead atoms. The first kappa shape index (κ1) is 49.2. The molecule has 0 fully saturated rings. The van der Waals surface area contributed by atoms with Crippen molar-refractivity contribution >= 4 is 18.6 Å². The molecule has 0 rings (SSSR count). The maximum Gasteiger partial charge on any atom is 0.220 e. The number of hydroxylamine groups is 2. The maximum absolute atomic E-state index is 11.0. The van der Waals surface area contributed by atoms with E-state index in [1.807, 2.05) is 6.79 Å². The van der Waals surface area contributed by atoms with Crippen molar-refractivity contribution in [3.05, 3.63) is 0 Å². The van der Waals surface area contributed by atoms with E-state index in [-0.39, 0.29) is 51.2 Å². The van der Waals surface area contributed by atoms with Crippen LogP contribution in [0.1, 0.15) is 59.5 Å². The molecular weight excluding hydrogens is 506 g/mol. The second-order valence-electron chi connectivity index (χ2n) is 6.74. The van der Waals surface area contributed by atoms with Crippen LogP contribution in [0, 0.1) is 0 Å². The van der Waals surface area contributed by atoms with Gasteiger partial charge in [-0.05, 0) is 19.4 Å². The van der Waals surface area contributed by atoms with Gasteiger partial charge in [0.15, 0.2) is 0 Å². The number of aliphatic hydroxyl groups is 2. The summed E-state index contributed by atoms with van der Waals surface area (Å²) in [5.41, 5.74) is 15.5. The van der Waals surface area contributed by atoms with Crippen LogP contribution >= 0.6 is 0 Å². The topological polar surface area (TPSA) is 248 Å². The number of nitrogens with two attached hydrogens (primary N) is 2. The van der Waals surface area contributed by atoms with Gasteiger partial charge < -0.3 is 56.4 Å². The summed E-state index contributed by atoms with van der Waals surface area (Å²) in [4.78, 5) is 38.4. The molecule has 0 radical (unpaired) electrons. The molecule has 0 aliphatic carbocycles. The lowest BCUT2D eigenvalue weighted by Gasteiger charge is -2.04. The van der Waals surface area contributed by atoms with Crippen LogP contribution in [-0.4, -0.2) is 114 Å². The van der Waals surface area contributed by atoms with E-state index in [4.69, 9.17) is 35.9 Å². The Bertz CT molecular complexity index is 411. The van der Waals surface area contributed by atoms with E-state index < -0.39 is 5.91 Å². The molecule has 38 heavy (non-hydrogen) atoms. The van der Waals surface area contributed by atoms with Crippen LogP contribution in [0.4, 0.5) is 0 Å². The van der Waals surface area contributed by atoms with Gasteiger partial charge in [0.05, 0.1) is 53.9 Å². The van der Waals surface area contributed by atoms with Crippen LogP contribution in [0.25, 0.3) is 0 Å². The molecule has 0 aromatic carbocycles. The number of hydrogen-bond acceptors (Lipinski definition) is 12. The number of carbonyl (C=O) groups is 3. The highest BCUT2D eigenvalue weighted by atomic mass is 16.6. The van der Waals surface area contributed by atoms with E-state index >= 15 is 0 Å². The molecule has 0 aromatic heterocycles. The van der Waals surface area contributed by atoms with E-state index in [0.717, 1.165) is 25.9 Å². The van der Waals surface area contributed by atoms with Crippen molar-refractivity contribution in [2.45, 2.75) is 52.4 Å². The number of nitrogens with one attached hydrogen (secondary N) is 3. The molecule has 2 amide bonds. The summed E-state index contributed by atoms with van der Waals surface area (Å²) in [5, 5.41) is 19.1. The highest BCUT2D eigenvalue weighted by Crippen LogP contribution is 1.90. The minimum atomic E-state index is -0.489. The number of amides is 2. The van der Waals surface area contributed by atoms with Crippen LogP contribution < -0.4 is 27.7 Å². The van der Waals surface area contributed by atoms with Gasteiger partial charge in [-0.3, -0.25) is 9.59 Å². The van der Waals surface area contributed by atoms with E-state index in [1.54, 1.807) is 14.2 Å². The second-order valence-corrected chi connectivity index (χ2v) is 6.74. The molecule has 0 heterocycles. The first-order valence-electron chi connectivity index (χ1n) is 12.3. The Balaban J connectivity index is -0.0000000353. The lowest BCUT2D eigenvalue weighted by Crippen LogP contribution is -2.28. The number of aliphatic hydroxyl groups excluding tert-OH is 2. The lowest BCUT2D eigenvalue weighted by molar-refractivity contribution is -0.125. The number of unbranched alkanes of at least 4 members (excludes halogenated alkanes) is 2. The largest absolute Gasteiger partial charge is 0.412 e. The van der Waals surface area contributed by atoms with Gasteiger partial charge in [-0.25, -0.2) is 11.0 Å². The van der Waals surface area contributed by atoms with E-state index in [9.17, 15) is 9.59 Å². The van der Waals surface area contributed by atoms with E-state index in [0.29, 0.717) is 32.9 Å². The zero-order valence-corrected chi connectivity index (χ0v) is 23.9. The van der Waals surface area contributed by atoms with Gasteiger partial charge >= 0.3 is 0 Å². The summed E-state index contributed by atoms with van der Waals surface area (Å²) in [6, 6.07) is 0. The predicted octanol–water partition coefficient (Wildman–Crippen LogP) is -0.574. The van der Waals surface area contributed by atoms with Gasteiger partial charge in [0.2, 0.25) is 11.8 Å². The highest BCUT2D eigenvalue weighted by Gasteiger charge is 2.02. The van der Waals surface area contributed by atoms with Gasteiger partial charge in [0.1, 0.15) is 6.79 Å². The number of rotatable bonds is 20. The molecule has 244 valence electrons. The smallest absolute Gasteiger partial charge is 0.220 e. The Hall–Kier alpha value is -1.79. The first-order valence-corrected chi connectivity index (χ1v) is 12.3. The third kappa shape index (κ3) is 76.5. The molecule has 15 heteroatoms. The fourth-order valence-electron chi connectivity index (χ4n) is 1.76. The normalized spacial score (nSPS) is 8.92. The third-order valence-electron chi connectivity index (χ3n) is 3.26. The summed E-state index contributed by atoms with van der Waals surface area (Å²) >= 11 is 0. The van der Waals surface area contributed by atoms with E-state index in [2.05, 4.69) is 39.8 Å². The Kier molecular flexibility index (Phi) is 72.0. The average Bonchev–Trinajstić information content (AvgIpc) is 2.90. The van der Waals surface area contributed by atoms with Gasteiger partial charge in [0.25, 0.3) is 0 Å². The predicted molar refractivity (Wildman–Crippen MR) is 157 cm³/mol. The van der Waals surface area contributed by atoms with Crippen molar-refractivity contribution in [3.63, 3.8) is 0 Å². The van der Waals surface area contributed by atoms with Crippen LogP contribution in [0.3, 0.4) is 0 Å². The summed E-state index contributed by atoms with van der Waals surface area (Å²) in [6.07, 6.45) is 4.86. The number of ether oxygens (including phenoxy) is 2. The quantitative estimate of drug-likeness (QED) is 0.0714. The zero-order chi connectivity index (χ0) is 29.4. The molecule has 0 unspecified atom stereocenters. The van der Waals surface area contributed by atoms with Gasteiger partial charge in [-0.2, -0.15) is 0 Å². The number of hydrogen-bond donors (Lipinski definition) is 7. The Morgan fingerprint density at radius 3 is 1.71 bits per heavy atom. The monoisotopic (exact) mass is 573 g/mol. The Labute approximate surface area is 235 Å². The Morgan fingerprint density at radius 1 is 0.816 bits per heavy atom. The minimum absolute atomic E-state index is 0. The SMILES string of the molecule is C=O.CCC.CONCCCCCN.CONCCOCCO.NC(=O)CCC(=O)NCCOCCO.O.[HH].[HH].[HH].[HH].[HH]. The van der Waals surface area contributed by atoms with Crippen molar-refractivity contribution in [2.24, 2.45) is 11.5 Å². The molecule has 0 saturated heterocycles. The molecule has 0 spiro atoms. The van der Waals surface area contributed by atoms with Crippen molar-refractivity contribution in [2.75, 3.05) is 80.0 Å². The standard InChI is InChI=1S/C8H16N2O4.C6H16N2O.C5H13NO3.C3H8.CH2O.H2O.5H2/c9-7(12)1-2-8(13)10-3-5-14-6-4-11;1-9-8-6-4-2-3-5-7;1-8-6-2-4-9-5-3-7;1-3-2;1-2;;;;;;/h11H,1-6H2,(H2,9,12)(H,10,13);8H,2-7H2,1H3;6-7H,2-5H2,1H3;3H2,1-2H3;1H2;1H2;5*1H. The highest BCUT2D eigenvalue weighted by molar-refractivity contribution is 5.82. The maximum atomic E-state index is 11.0. The molecular formula is C23H67N5O10. The van der Waals surface area contributed by atoms with Crippen molar-refractivity contribution in [3.8, 4) is 0 Å². The average molecular weight is 574 g/mol. The fourth-order valence-corrected chi connectivity index (χ4v) is 1.76. The first-order chi connectivity index (χ1) is 17.9. The van der Waals surface area contributed by atoms with Gasteiger partial charge in [-0.1, -0.05) is 26.7 Å². The minimum Gasteiger partial charge on any atom is -0.412 e. The molecule has 0 atom stereocenters. The Morgan fingerprint density at radius 2 is 1.29 bits per heavy atom. The molecule has 0 saturated carbocycles. The van der Waals surface area contributed by atoms with Crippen molar-refractivity contribution in [1.82, 2.24) is 16.3 Å². The lowest BCUT2D eigenvalue weighted by atomic mass is 10.2. The summed E-state index contributed by atoms with van der Waals surface area (Å²) < 4.78 is 9.79. The molecule has 0 aliphatic rings. The van der Waals surface area contributed by atoms with E-state index in [1.165, 1.54) is 12.8 Å².